The van der Waals surface area contributed by atoms with Crippen LogP contribution in [0.4, 0.5) is 10.5 Å². The number of rotatable bonds is 11. The molecule has 0 bridgehead atoms. The number of piperidine rings is 1. The molecule has 1 saturated heterocycles. The Morgan fingerprint density at radius 2 is 1.98 bits per heavy atom. The quantitative estimate of drug-likeness (QED) is 0.138. The van der Waals surface area contributed by atoms with Gasteiger partial charge in [-0.2, -0.15) is 0 Å². The highest BCUT2D eigenvalue weighted by Gasteiger charge is 2.40. The maximum atomic E-state index is 13.0. The van der Waals surface area contributed by atoms with Crippen molar-refractivity contribution in [3.8, 4) is 0 Å². The number of hydrogen-bond donors (Lipinski definition) is 2. The number of carbonyl (C=O) groups excluding carboxylic acids is 5. The van der Waals surface area contributed by atoms with Gasteiger partial charge in [0.15, 0.2) is 0 Å². The number of likely N-dealkylation sites (N-methyl/N-ethyl adjacent to an activating group) is 1. The summed E-state index contributed by atoms with van der Waals surface area (Å²) in [4.78, 5) is 69.8. The summed E-state index contributed by atoms with van der Waals surface area (Å²) in [7, 11) is 1.75. The number of nitrogens with zero attached hydrogens (tertiary/aromatic N) is 6. The maximum absolute atomic E-state index is 13.0. The van der Waals surface area contributed by atoms with E-state index in [0.29, 0.717) is 42.9 Å². The van der Waals surface area contributed by atoms with Crippen LogP contribution in [0.2, 0.25) is 0 Å². The number of ether oxygens (including phenoxy) is 1. The molecule has 0 spiro atoms. The number of carbonyl (C=O) groups is 5. The standard InChI is InChI=1S/C26H36N8O6/c1-26(2,3)40-25(39)33(12-6-11-28-31-27)14-13-32(4)16-22(36)29-19-8-5-7-17-18(19)15-34(24(17)38)20-9-10-21(35)30-23(20)37/h5,7-8,20H,6,9-16H2,1-4H3,(H,29,36)(H,30,35,37). The summed E-state index contributed by atoms with van der Waals surface area (Å²) in [6.45, 7) is 6.75. The number of azide groups is 1. The molecular formula is C26H36N8O6. The van der Waals surface area contributed by atoms with Crippen molar-refractivity contribution in [1.82, 2.24) is 20.0 Å². The molecule has 14 heteroatoms. The topological polar surface area (TPSA) is 177 Å². The lowest BCUT2D eigenvalue weighted by Gasteiger charge is -2.29. The van der Waals surface area contributed by atoms with Gasteiger partial charge in [0, 0.05) is 60.9 Å². The molecular weight excluding hydrogens is 520 g/mol. The largest absolute Gasteiger partial charge is 0.444 e. The third-order valence-electron chi connectivity index (χ3n) is 6.42. The van der Waals surface area contributed by atoms with Crippen LogP contribution in [0.3, 0.4) is 0 Å². The van der Waals surface area contributed by atoms with Crippen LogP contribution in [-0.4, -0.2) is 95.8 Å². The van der Waals surface area contributed by atoms with Gasteiger partial charge in [-0.1, -0.05) is 11.2 Å². The summed E-state index contributed by atoms with van der Waals surface area (Å²) in [6.07, 6.45) is 0.395. The minimum Gasteiger partial charge on any atom is -0.444 e. The van der Waals surface area contributed by atoms with Crippen LogP contribution in [-0.2, 0) is 25.7 Å². The molecule has 1 fully saturated rings. The molecule has 2 aliphatic heterocycles. The Hall–Kier alpha value is -4.16. The van der Waals surface area contributed by atoms with Gasteiger partial charge in [0.1, 0.15) is 11.6 Å². The Bertz CT molecular complexity index is 1210. The first kappa shape index (κ1) is 30.4. The van der Waals surface area contributed by atoms with Crippen molar-refractivity contribution in [2.45, 2.75) is 58.2 Å². The van der Waals surface area contributed by atoms with Gasteiger partial charge in [-0.3, -0.25) is 29.4 Å². The molecule has 14 nitrogen and oxygen atoms in total. The van der Waals surface area contributed by atoms with E-state index in [1.807, 2.05) is 0 Å². The van der Waals surface area contributed by atoms with Crippen molar-refractivity contribution in [3.63, 3.8) is 0 Å². The number of anilines is 1. The van der Waals surface area contributed by atoms with E-state index in [1.165, 1.54) is 9.80 Å². The van der Waals surface area contributed by atoms with Gasteiger partial charge in [0.05, 0.1) is 6.54 Å². The second kappa shape index (κ2) is 13.3. The third kappa shape index (κ3) is 8.17. The highest BCUT2D eigenvalue weighted by molar-refractivity contribution is 6.06. The molecule has 40 heavy (non-hydrogen) atoms. The summed E-state index contributed by atoms with van der Waals surface area (Å²) in [6, 6.07) is 4.27. The second-order valence-corrected chi connectivity index (χ2v) is 10.8. The fraction of sp³-hybridized carbons (Fsp3) is 0.577. The smallest absolute Gasteiger partial charge is 0.410 e. The maximum Gasteiger partial charge on any atom is 0.410 e. The third-order valence-corrected chi connectivity index (χ3v) is 6.42. The molecule has 0 radical (unpaired) electrons. The molecule has 1 unspecified atom stereocenters. The van der Waals surface area contributed by atoms with E-state index in [2.05, 4.69) is 20.7 Å². The summed E-state index contributed by atoms with van der Waals surface area (Å²) in [5.41, 5.74) is 9.31. The Labute approximate surface area is 232 Å². The average Bonchev–Trinajstić information content (AvgIpc) is 3.19. The zero-order chi connectivity index (χ0) is 29.4. The Morgan fingerprint density at radius 3 is 2.65 bits per heavy atom. The van der Waals surface area contributed by atoms with Crippen molar-refractivity contribution in [2.75, 3.05) is 45.1 Å². The summed E-state index contributed by atoms with van der Waals surface area (Å²) >= 11 is 0. The first-order valence-electron chi connectivity index (χ1n) is 13.1. The monoisotopic (exact) mass is 556 g/mol. The fourth-order valence-electron chi connectivity index (χ4n) is 4.51. The SMILES string of the molecule is CN(CCN(CCCN=[N+]=[N-])C(=O)OC(C)(C)C)CC(=O)Nc1cccc2c1CN(C1CCC(=O)NC1=O)C2=O. The molecule has 2 aliphatic rings. The van der Waals surface area contributed by atoms with Gasteiger partial charge in [-0.25, -0.2) is 4.79 Å². The number of imide groups is 1. The van der Waals surface area contributed by atoms with Gasteiger partial charge < -0.3 is 19.9 Å². The molecule has 3 rings (SSSR count). The van der Waals surface area contributed by atoms with Crippen molar-refractivity contribution in [2.24, 2.45) is 5.11 Å². The van der Waals surface area contributed by atoms with Crippen LogP contribution in [0.1, 0.15) is 56.0 Å². The highest BCUT2D eigenvalue weighted by Crippen LogP contribution is 2.32. The van der Waals surface area contributed by atoms with Gasteiger partial charge in [0.25, 0.3) is 5.91 Å². The minimum absolute atomic E-state index is 0.0232. The fourth-order valence-corrected chi connectivity index (χ4v) is 4.51. The van der Waals surface area contributed by atoms with Crippen LogP contribution in [0, 0.1) is 0 Å². The van der Waals surface area contributed by atoms with Gasteiger partial charge in [-0.05, 0) is 58.3 Å². The number of amides is 5. The van der Waals surface area contributed by atoms with Crippen molar-refractivity contribution < 1.29 is 28.7 Å². The number of nitrogens with one attached hydrogen (secondary N) is 2. The minimum atomic E-state index is -0.744. The van der Waals surface area contributed by atoms with Gasteiger partial charge >= 0.3 is 6.09 Å². The Kier molecular flexibility index (Phi) is 10.1. The van der Waals surface area contributed by atoms with E-state index >= 15 is 0 Å². The van der Waals surface area contributed by atoms with E-state index in [4.69, 9.17) is 10.3 Å². The van der Waals surface area contributed by atoms with E-state index in [9.17, 15) is 24.0 Å². The first-order valence-corrected chi connectivity index (χ1v) is 13.1. The van der Waals surface area contributed by atoms with Crippen LogP contribution < -0.4 is 10.6 Å². The molecule has 0 aliphatic carbocycles. The average molecular weight is 557 g/mol. The highest BCUT2D eigenvalue weighted by atomic mass is 16.6. The zero-order valence-electron chi connectivity index (χ0n) is 23.3. The van der Waals surface area contributed by atoms with Gasteiger partial charge in [-0.15, -0.1) is 0 Å². The van der Waals surface area contributed by atoms with Crippen LogP contribution in [0.5, 0.6) is 0 Å². The van der Waals surface area contributed by atoms with Crippen LogP contribution in [0.25, 0.3) is 10.4 Å². The predicted octanol–water partition coefficient (Wildman–Crippen LogP) is 2.26. The van der Waals surface area contributed by atoms with E-state index < -0.39 is 23.6 Å². The molecule has 1 aromatic rings. The van der Waals surface area contributed by atoms with Gasteiger partial charge in [0.2, 0.25) is 17.7 Å². The van der Waals surface area contributed by atoms with E-state index in [-0.39, 0.29) is 50.2 Å². The van der Waals surface area contributed by atoms with E-state index in [0.717, 1.165) is 0 Å². The van der Waals surface area contributed by atoms with Crippen LogP contribution >= 0.6 is 0 Å². The van der Waals surface area contributed by atoms with Crippen molar-refractivity contribution in [1.29, 1.82) is 0 Å². The second-order valence-electron chi connectivity index (χ2n) is 10.8. The molecule has 1 aromatic carbocycles. The lowest BCUT2D eigenvalue weighted by molar-refractivity contribution is -0.137. The zero-order valence-corrected chi connectivity index (χ0v) is 23.3. The van der Waals surface area contributed by atoms with Crippen molar-refractivity contribution in [3.05, 3.63) is 39.8 Å². The molecule has 2 heterocycles. The normalized spacial score (nSPS) is 16.8. The van der Waals surface area contributed by atoms with Crippen LogP contribution in [0.15, 0.2) is 23.3 Å². The molecule has 1 atom stereocenters. The molecule has 0 saturated carbocycles. The first-order chi connectivity index (χ1) is 18.9. The number of fused-ring (bicyclic) bond motifs is 1. The summed E-state index contributed by atoms with van der Waals surface area (Å²) in [5, 5.41) is 8.64. The number of hydrogen-bond acceptors (Lipinski definition) is 8. The molecule has 2 N–H and O–H groups in total. The molecule has 0 aromatic heterocycles. The van der Waals surface area contributed by atoms with Crippen molar-refractivity contribution >= 4 is 35.4 Å². The molecule has 216 valence electrons. The summed E-state index contributed by atoms with van der Waals surface area (Å²) < 4.78 is 5.48. The van der Waals surface area contributed by atoms with E-state index in [1.54, 1.807) is 50.9 Å². The predicted molar refractivity (Wildman–Crippen MR) is 145 cm³/mol. The lowest BCUT2D eigenvalue weighted by atomic mass is 10.0. The lowest BCUT2D eigenvalue weighted by Crippen LogP contribution is -2.52. The number of benzene rings is 1. The molecule has 5 amide bonds. The Morgan fingerprint density at radius 1 is 1.23 bits per heavy atom. The Balaban J connectivity index is 1.58. The summed E-state index contributed by atoms with van der Waals surface area (Å²) in [5.74, 6) is -1.48.